The second-order valence-electron chi connectivity index (χ2n) is 5.36. The first kappa shape index (κ1) is 12.2. The lowest BCUT2D eigenvalue weighted by Crippen LogP contribution is -2.46. The number of carbonyl (C=O) groups excluding carboxylic acids is 1. The van der Waals surface area contributed by atoms with Gasteiger partial charge in [0.2, 0.25) is 5.91 Å². The number of hydrogen-bond donors (Lipinski definition) is 1. The lowest BCUT2D eigenvalue weighted by atomic mass is 9.98. The van der Waals surface area contributed by atoms with E-state index in [4.69, 9.17) is 0 Å². The maximum Gasteiger partial charge on any atom is 0.224 e. The highest BCUT2D eigenvalue weighted by molar-refractivity contribution is 7.10. The van der Waals surface area contributed by atoms with Crippen molar-refractivity contribution < 1.29 is 4.79 Å². The third-order valence-electron chi connectivity index (χ3n) is 4.16. The summed E-state index contributed by atoms with van der Waals surface area (Å²) in [5, 5.41) is 5.77. The monoisotopic (exact) mass is 264 g/mol. The molecular formula is C14H20N2OS. The second kappa shape index (κ2) is 5.02. The smallest absolute Gasteiger partial charge is 0.224 e. The minimum atomic E-state index is 0.342. The van der Waals surface area contributed by atoms with Crippen molar-refractivity contribution in [2.24, 2.45) is 0 Å². The highest BCUT2D eigenvalue weighted by Gasteiger charge is 2.41. The first-order valence-corrected chi connectivity index (χ1v) is 7.72. The number of piperidine rings is 1. The maximum atomic E-state index is 12.0. The molecule has 1 N–H and O–H groups in total. The van der Waals surface area contributed by atoms with Crippen LogP contribution in [0.2, 0.25) is 0 Å². The third-order valence-corrected chi connectivity index (χ3v) is 5.22. The van der Waals surface area contributed by atoms with E-state index in [9.17, 15) is 4.79 Å². The largest absolute Gasteiger partial charge is 0.338 e. The molecule has 0 aromatic carbocycles. The summed E-state index contributed by atoms with van der Waals surface area (Å²) in [6, 6.07) is 5.39. The summed E-state index contributed by atoms with van der Waals surface area (Å²) in [5.41, 5.74) is 0. The van der Waals surface area contributed by atoms with Gasteiger partial charge in [0, 0.05) is 36.0 Å². The predicted molar refractivity (Wildman–Crippen MR) is 73.6 cm³/mol. The van der Waals surface area contributed by atoms with E-state index in [0.717, 1.165) is 6.54 Å². The highest BCUT2D eigenvalue weighted by Crippen LogP contribution is 2.30. The Hall–Kier alpha value is -0.870. The van der Waals surface area contributed by atoms with Crippen molar-refractivity contribution >= 4 is 17.2 Å². The van der Waals surface area contributed by atoms with Gasteiger partial charge in [-0.2, -0.15) is 0 Å². The fraction of sp³-hybridized carbons (Fsp3) is 0.643. The van der Waals surface area contributed by atoms with Gasteiger partial charge in [-0.25, -0.2) is 0 Å². The van der Waals surface area contributed by atoms with Gasteiger partial charge in [-0.3, -0.25) is 4.79 Å². The Bertz CT molecular complexity index is 417. The van der Waals surface area contributed by atoms with Gasteiger partial charge in [-0.1, -0.05) is 6.07 Å². The van der Waals surface area contributed by atoms with Crippen LogP contribution >= 0.6 is 11.3 Å². The molecule has 2 aliphatic heterocycles. The molecule has 0 saturated carbocycles. The highest BCUT2D eigenvalue weighted by atomic mass is 32.1. The van der Waals surface area contributed by atoms with Gasteiger partial charge in [0.1, 0.15) is 0 Å². The van der Waals surface area contributed by atoms with Crippen LogP contribution in [0.3, 0.4) is 0 Å². The first-order chi connectivity index (χ1) is 8.75. The van der Waals surface area contributed by atoms with Crippen LogP contribution in [0.25, 0.3) is 0 Å². The Balaban J connectivity index is 1.67. The summed E-state index contributed by atoms with van der Waals surface area (Å²) in [5.74, 6) is 0.343. The minimum Gasteiger partial charge on any atom is -0.338 e. The average molecular weight is 264 g/mol. The number of amides is 1. The van der Waals surface area contributed by atoms with Gasteiger partial charge in [-0.05, 0) is 37.6 Å². The predicted octanol–water partition coefficient (Wildman–Crippen LogP) is 2.55. The summed E-state index contributed by atoms with van der Waals surface area (Å²) in [4.78, 5) is 15.4. The third kappa shape index (κ3) is 2.19. The SMILES string of the molecule is C[C@@H](NC1CC(=O)N2CCCCC12)c1cccs1. The Labute approximate surface area is 112 Å². The Morgan fingerprint density at radius 2 is 2.39 bits per heavy atom. The van der Waals surface area contributed by atoms with Crippen molar-refractivity contribution in [3.05, 3.63) is 22.4 Å². The molecule has 2 saturated heterocycles. The van der Waals surface area contributed by atoms with Crippen LogP contribution in [-0.2, 0) is 4.79 Å². The fourth-order valence-electron chi connectivity index (χ4n) is 3.24. The standard InChI is InChI=1S/C14H20N2OS/c1-10(13-6-4-8-18-13)15-11-9-14(17)16-7-3-2-5-12(11)16/h4,6,8,10-12,15H,2-3,5,7,9H2,1H3/t10-,11?,12?/m1/s1. The number of carbonyl (C=O) groups is 1. The zero-order valence-electron chi connectivity index (χ0n) is 10.8. The number of hydrogen-bond acceptors (Lipinski definition) is 3. The number of nitrogens with one attached hydrogen (secondary N) is 1. The van der Waals surface area contributed by atoms with Crippen molar-refractivity contribution in [2.45, 2.75) is 50.7 Å². The molecule has 3 nitrogen and oxygen atoms in total. The van der Waals surface area contributed by atoms with Gasteiger partial charge in [0.15, 0.2) is 0 Å². The maximum absolute atomic E-state index is 12.0. The Morgan fingerprint density at radius 1 is 1.50 bits per heavy atom. The number of nitrogens with zero attached hydrogens (tertiary/aromatic N) is 1. The zero-order chi connectivity index (χ0) is 12.5. The normalized spacial score (nSPS) is 29.4. The molecule has 3 heterocycles. The van der Waals surface area contributed by atoms with Crippen LogP contribution in [-0.4, -0.2) is 29.4 Å². The van der Waals surface area contributed by atoms with Crippen LogP contribution in [0, 0.1) is 0 Å². The number of fused-ring (bicyclic) bond motifs is 1. The molecule has 2 aliphatic rings. The molecule has 4 heteroatoms. The fourth-order valence-corrected chi connectivity index (χ4v) is 3.98. The van der Waals surface area contributed by atoms with Crippen molar-refractivity contribution in [1.29, 1.82) is 0 Å². The molecule has 98 valence electrons. The average Bonchev–Trinajstić information content (AvgIpc) is 3.00. The van der Waals surface area contributed by atoms with Gasteiger partial charge >= 0.3 is 0 Å². The lowest BCUT2D eigenvalue weighted by molar-refractivity contribution is -0.129. The summed E-state index contributed by atoms with van der Waals surface area (Å²) < 4.78 is 0. The molecule has 3 rings (SSSR count). The van der Waals surface area contributed by atoms with Crippen LogP contribution in [0.15, 0.2) is 17.5 Å². The summed E-state index contributed by atoms with van der Waals surface area (Å²) in [6.07, 6.45) is 4.29. The summed E-state index contributed by atoms with van der Waals surface area (Å²) in [6.45, 7) is 3.16. The van der Waals surface area contributed by atoms with E-state index < -0.39 is 0 Å². The first-order valence-electron chi connectivity index (χ1n) is 6.84. The molecule has 0 bridgehead atoms. The number of thiophene rings is 1. The van der Waals surface area contributed by atoms with Crippen LogP contribution in [0.1, 0.15) is 43.5 Å². The molecule has 1 aromatic rings. The molecule has 0 spiro atoms. The molecule has 1 amide bonds. The van der Waals surface area contributed by atoms with Gasteiger partial charge in [0.25, 0.3) is 0 Å². The molecular weight excluding hydrogens is 244 g/mol. The van der Waals surface area contributed by atoms with Gasteiger partial charge in [0.05, 0.1) is 0 Å². The van der Waals surface area contributed by atoms with E-state index in [1.807, 2.05) is 0 Å². The van der Waals surface area contributed by atoms with E-state index in [-0.39, 0.29) is 0 Å². The van der Waals surface area contributed by atoms with E-state index in [1.54, 1.807) is 11.3 Å². The molecule has 0 radical (unpaired) electrons. The molecule has 0 aliphatic carbocycles. The molecule has 18 heavy (non-hydrogen) atoms. The van der Waals surface area contributed by atoms with Crippen LogP contribution < -0.4 is 5.32 Å². The van der Waals surface area contributed by atoms with Crippen molar-refractivity contribution in [1.82, 2.24) is 10.2 Å². The summed E-state index contributed by atoms with van der Waals surface area (Å²) in [7, 11) is 0. The Morgan fingerprint density at radius 3 is 3.17 bits per heavy atom. The number of rotatable bonds is 3. The lowest BCUT2D eigenvalue weighted by Gasteiger charge is -2.33. The molecule has 2 fully saturated rings. The minimum absolute atomic E-state index is 0.342. The quantitative estimate of drug-likeness (QED) is 0.910. The van der Waals surface area contributed by atoms with Crippen LogP contribution in [0.5, 0.6) is 0 Å². The zero-order valence-corrected chi connectivity index (χ0v) is 11.6. The van der Waals surface area contributed by atoms with E-state index >= 15 is 0 Å². The Kier molecular flexibility index (Phi) is 3.39. The summed E-state index contributed by atoms with van der Waals surface area (Å²) >= 11 is 1.78. The second-order valence-corrected chi connectivity index (χ2v) is 6.34. The molecule has 2 unspecified atom stereocenters. The van der Waals surface area contributed by atoms with Crippen molar-refractivity contribution in [2.75, 3.05) is 6.54 Å². The molecule has 3 atom stereocenters. The van der Waals surface area contributed by atoms with Gasteiger partial charge in [-0.15, -0.1) is 11.3 Å². The molecule has 1 aromatic heterocycles. The van der Waals surface area contributed by atoms with Crippen molar-refractivity contribution in [3.63, 3.8) is 0 Å². The van der Waals surface area contributed by atoms with Crippen molar-refractivity contribution in [3.8, 4) is 0 Å². The van der Waals surface area contributed by atoms with E-state index in [2.05, 4.69) is 34.7 Å². The van der Waals surface area contributed by atoms with Gasteiger partial charge < -0.3 is 10.2 Å². The topological polar surface area (TPSA) is 32.3 Å². The van der Waals surface area contributed by atoms with Crippen LogP contribution in [0.4, 0.5) is 0 Å². The van der Waals surface area contributed by atoms with E-state index in [1.165, 1.54) is 24.1 Å². The van der Waals surface area contributed by atoms with E-state index in [0.29, 0.717) is 30.5 Å².